The van der Waals surface area contributed by atoms with Crippen molar-refractivity contribution in [1.29, 1.82) is 0 Å². The molecule has 0 aromatic heterocycles. The molecule has 2 rings (SSSR count). The van der Waals surface area contributed by atoms with Gasteiger partial charge in [0.15, 0.2) is 0 Å². The van der Waals surface area contributed by atoms with Crippen LogP contribution in [0.5, 0.6) is 0 Å². The zero-order chi connectivity index (χ0) is 15.2. The summed E-state index contributed by atoms with van der Waals surface area (Å²) in [5, 5.41) is 0. The van der Waals surface area contributed by atoms with Crippen LogP contribution < -0.4 is 0 Å². The summed E-state index contributed by atoms with van der Waals surface area (Å²) in [7, 11) is 0. The third-order valence-electron chi connectivity index (χ3n) is 3.16. The number of aryl methyl sites for hydroxylation is 1. The molecule has 0 heterocycles. The highest BCUT2D eigenvalue weighted by Gasteiger charge is 2.15. The molecule has 0 N–H and O–H groups in total. The minimum atomic E-state index is -0.437. The molecule has 0 amide bonds. The van der Waals surface area contributed by atoms with Crippen molar-refractivity contribution in [2.75, 3.05) is 0 Å². The van der Waals surface area contributed by atoms with E-state index in [1.807, 2.05) is 0 Å². The van der Waals surface area contributed by atoms with Crippen molar-refractivity contribution in [2.24, 2.45) is 0 Å². The molecule has 2 nitrogen and oxygen atoms in total. The number of benzene rings is 2. The van der Waals surface area contributed by atoms with E-state index in [0.29, 0.717) is 12.8 Å². The summed E-state index contributed by atoms with van der Waals surface area (Å²) >= 11 is 0. The van der Waals surface area contributed by atoms with Gasteiger partial charge in [-0.3, -0.25) is 4.79 Å². The lowest BCUT2D eigenvalue weighted by atomic mass is 10.0. The van der Waals surface area contributed by atoms with Crippen LogP contribution in [0.25, 0.3) is 0 Å². The van der Waals surface area contributed by atoms with Gasteiger partial charge in [0.25, 0.3) is 0 Å². The Hall–Kier alpha value is -2.23. The number of halogens is 2. The molecule has 0 radical (unpaired) electrons. The van der Waals surface area contributed by atoms with Crippen molar-refractivity contribution < 1.29 is 18.3 Å². The van der Waals surface area contributed by atoms with E-state index in [0.717, 1.165) is 11.1 Å². The smallest absolute Gasteiger partial charge is 0.303 e. The van der Waals surface area contributed by atoms with Crippen LogP contribution in [0.3, 0.4) is 0 Å². The molecule has 0 spiro atoms. The number of esters is 1. The fourth-order valence-electron chi connectivity index (χ4n) is 2.12. The van der Waals surface area contributed by atoms with Crippen molar-refractivity contribution in [3.8, 4) is 0 Å². The second-order valence-corrected chi connectivity index (χ2v) is 4.81. The van der Waals surface area contributed by atoms with Crippen LogP contribution >= 0.6 is 0 Å². The SMILES string of the molecule is CC(=O)OC(CCc1ccc(F)cc1)c1ccc(F)cc1. The van der Waals surface area contributed by atoms with Gasteiger partial charge in [0.2, 0.25) is 0 Å². The number of ether oxygens (including phenoxy) is 1. The first-order valence-electron chi connectivity index (χ1n) is 6.72. The molecule has 21 heavy (non-hydrogen) atoms. The predicted octanol–water partition coefficient (Wildman–Crippen LogP) is 4.20. The van der Waals surface area contributed by atoms with Crippen molar-refractivity contribution in [2.45, 2.75) is 25.9 Å². The Kier molecular flexibility index (Phi) is 5.04. The Morgan fingerprint density at radius 3 is 2.05 bits per heavy atom. The van der Waals surface area contributed by atoms with Gasteiger partial charge in [0.1, 0.15) is 17.7 Å². The first-order chi connectivity index (χ1) is 10.0. The molecule has 1 unspecified atom stereocenters. The first-order valence-corrected chi connectivity index (χ1v) is 6.72. The normalized spacial score (nSPS) is 12.0. The van der Waals surface area contributed by atoms with Gasteiger partial charge < -0.3 is 4.74 Å². The molecule has 0 aliphatic carbocycles. The first kappa shape index (κ1) is 15.2. The van der Waals surface area contributed by atoms with Crippen LogP contribution in [-0.2, 0) is 16.0 Å². The highest BCUT2D eigenvalue weighted by molar-refractivity contribution is 5.66. The molecule has 2 aromatic carbocycles. The van der Waals surface area contributed by atoms with E-state index in [9.17, 15) is 13.6 Å². The van der Waals surface area contributed by atoms with Crippen LogP contribution in [-0.4, -0.2) is 5.97 Å². The van der Waals surface area contributed by atoms with Crippen molar-refractivity contribution in [3.63, 3.8) is 0 Å². The molecule has 110 valence electrons. The molecule has 0 aliphatic heterocycles. The highest BCUT2D eigenvalue weighted by Crippen LogP contribution is 2.24. The lowest BCUT2D eigenvalue weighted by Crippen LogP contribution is -2.10. The van der Waals surface area contributed by atoms with Gasteiger partial charge in [0.05, 0.1) is 0 Å². The standard InChI is InChI=1S/C17H16F2O2/c1-12(20)21-17(14-5-9-16(19)10-6-14)11-4-13-2-7-15(18)8-3-13/h2-3,5-10,17H,4,11H2,1H3. The van der Waals surface area contributed by atoms with Crippen LogP contribution in [0.4, 0.5) is 8.78 Å². The maximum absolute atomic E-state index is 13.0. The monoisotopic (exact) mass is 290 g/mol. The van der Waals surface area contributed by atoms with Crippen LogP contribution in [0.2, 0.25) is 0 Å². The highest BCUT2D eigenvalue weighted by atomic mass is 19.1. The number of hydrogen-bond donors (Lipinski definition) is 0. The summed E-state index contributed by atoms with van der Waals surface area (Å²) in [5.41, 5.74) is 1.70. The van der Waals surface area contributed by atoms with Gasteiger partial charge in [-0.05, 0) is 48.2 Å². The Morgan fingerprint density at radius 2 is 1.52 bits per heavy atom. The second-order valence-electron chi connectivity index (χ2n) is 4.81. The average molecular weight is 290 g/mol. The van der Waals surface area contributed by atoms with Crippen LogP contribution in [0, 0.1) is 11.6 Å². The predicted molar refractivity (Wildman–Crippen MR) is 75.6 cm³/mol. The second kappa shape index (κ2) is 6.97. The van der Waals surface area contributed by atoms with E-state index < -0.39 is 6.10 Å². The Balaban J connectivity index is 2.07. The number of carbonyl (C=O) groups excluding carboxylic acids is 1. The number of carbonyl (C=O) groups is 1. The Labute approximate surface area is 122 Å². The molecule has 0 saturated heterocycles. The van der Waals surface area contributed by atoms with Crippen molar-refractivity contribution >= 4 is 5.97 Å². The summed E-state index contributed by atoms with van der Waals surface area (Å²) < 4.78 is 31.1. The fourth-order valence-corrected chi connectivity index (χ4v) is 2.12. The molecule has 0 aliphatic rings. The van der Waals surface area contributed by atoms with E-state index >= 15 is 0 Å². The summed E-state index contributed by atoms with van der Waals surface area (Å²) in [6.45, 7) is 1.34. The largest absolute Gasteiger partial charge is 0.458 e. The summed E-state index contributed by atoms with van der Waals surface area (Å²) in [4.78, 5) is 11.2. The zero-order valence-corrected chi connectivity index (χ0v) is 11.7. The third kappa shape index (κ3) is 4.67. The van der Waals surface area contributed by atoms with Crippen LogP contribution in [0.15, 0.2) is 48.5 Å². The van der Waals surface area contributed by atoms with E-state index in [1.54, 1.807) is 24.3 Å². The summed E-state index contributed by atoms with van der Waals surface area (Å²) in [5.74, 6) is -1.00. The molecule has 4 heteroatoms. The Morgan fingerprint density at radius 1 is 1.00 bits per heavy atom. The number of rotatable bonds is 5. The maximum Gasteiger partial charge on any atom is 0.303 e. The molecule has 2 aromatic rings. The van der Waals surface area contributed by atoms with E-state index in [1.165, 1.54) is 31.2 Å². The zero-order valence-electron chi connectivity index (χ0n) is 11.7. The molecular weight excluding hydrogens is 274 g/mol. The summed E-state index contributed by atoms with van der Waals surface area (Å²) in [6, 6.07) is 12.1. The average Bonchev–Trinajstić information content (AvgIpc) is 2.46. The molecule has 1 atom stereocenters. The van der Waals surface area contributed by atoms with Crippen molar-refractivity contribution in [3.05, 3.63) is 71.3 Å². The van der Waals surface area contributed by atoms with E-state index in [4.69, 9.17) is 4.74 Å². The maximum atomic E-state index is 13.0. The van der Waals surface area contributed by atoms with Gasteiger partial charge in [-0.25, -0.2) is 8.78 Å². The number of hydrogen-bond acceptors (Lipinski definition) is 2. The quantitative estimate of drug-likeness (QED) is 0.771. The topological polar surface area (TPSA) is 26.3 Å². The molecule has 0 bridgehead atoms. The molecule has 0 saturated carbocycles. The summed E-state index contributed by atoms with van der Waals surface area (Å²) in [6.07, 6.45) is 0.750. The van der Waals surface area contributed by atoms with E-state index in [-0.39, 0.29) is 17.6 Å². The lowest BCUT2D eigenvalue weighted by Gasteiger charge is -2.17. The van der Waals surface area contributed by atoms with E-state index in [2.05, 4.69) is 0 Å². The molecule has 0 fully saturated rings. The fraction of sp³-hybridized carbons (Fsp3) is 0.235. The van der Waals surface area contributed by atoms with Gasteiger partial charge in [-0.15, -0.1) is 0 Å². The molecular formula is C17H16F2O2. The third-order valence-corrected chi connectivity index (χ3v) is 3.16. The van der Waals surface area contributed by atoms with Crippen molar-refractivity contribution in [1.82, 2.24) is 0 Å². The van der Waals surface area contributed by atoms with Gasteiger partial charge in [-0.2, -0.15) is 0 Å². The lowest BCUT2D eigenvalue weighted by molar-refractivity contribution is -0.147. The van der Waals surface area contributed by atoms with Crippen LogP contribution in [0.1, 0.15) is 30.6 Å². The van der Waals surface area contributed by atoms with Gasteiger partial charge >= 0.3 is 5.97 Å². The minimum Gasteiger partial charge on any atom is -0.458 e. The van der Waals surface area contributed by atoms with Gasteiger partial charge in [-0.1, -0.05) is 24.3 Å². The Bertz CT molecular complexity index is 591. The van der Waals surface area contributed by atoms with Gasteiger partial charge in [0, 0.05) is 6.92 Å². The minimum absolute atomic E-state index is 0.283.